The van der Waals surface area contributed by atoms with Gasteiger partial charge in [-0.25, -0.2) is 0 Å². The topological polar surface area (TPSA) is 55.7 Å². The zero-order valence-corrected chi connectivity index (χ0v) is 17.1. The summed E-state index contributed by atoms with van der Waals surface area (Å²) in [5, 5.41) is 3.13. The molecule has 2 heterocycles. The quantitative estimate of drug-likeness (QED) is 0.794. The van der Waals surface area contributed by atoms with E-state index in [1.54, 1.807) is 32.4 Å². The third kappa shape index (κ3) is 4.87. The fraction of sp³-hybridized carbons (Fsp3) is 0.500. The van der Waals surface area contributed by atoms with Crippen molar-refractivity contribution in [2.24, 2.45) is 7.05 Å². The second-order valence-corrected chi connectivity index (χ2v) is 7.32. The summed E-state index contributed by atoms with van der Waals surface area (Å²) in [6, 6.07) is 9.61. The van der Waals surface area contributed by atoms with Gasteiger partial charge in [-0.15, -0.1) is 0 Å². The first-order valence-electron chi connectivity index (χ1n) is 9.99. The molecule has 6 heteroatoms. The number of nitrogens with zero attached hydrogens (tertiary/aromatic N) is 2. The highest BCUT2D eigenvalue weighted by Gasteiger charge is 2.24. The number of aryl methyl sites for hydroxylation is 1. The highest BCUT2D eigenvalue weighted by molar-refractivity contribution is 5.95. The van der Waals surface area contributed by atoms with Crippen LogP contribution in [0.4, 0.5) is 0 Å². The first-order valence-corrected chi connectivity index (χ1v) is 9.99. The van der Waals surface area contributed by atoms with Gasteiger partial charge in [-0.05, 0) is 50.2 Å². The second kappa shape index (κ2) is 9.64. The fourth-order valence-electron chi connectivity index (χ4n) is 3.88. The van der Waals surface area contributed by atoms with Gasteiger partial charge in [-0.2, -0.15) is 0 Å². The number of aromatic nitrogens is 1. The summed E-state index contributed by atoms with van der Waals surface area (Å²) >= 11 is 0. The minimum Gasteiger partial charge on any atom is -0.497 e. The summed E-state index contributed by atoms with van der Waals surface area (Å²) in [4.78, 5) is 15.4. The Morgan fingerprint density at radius 1 is 1.07 bits per heavy atom. The predicted molar refractivity (Wildman–Crippen MR) is 110 cm³/mol. The zero-order valence-electron chi connectivity index (χ0n) is 17.1. The van der Waals surface area contributed by atoms with Crippen molar-refractivity contribution in [3.8, 4) is 11.5 Å². The molecule has 1 N–H and O–H groups in total. The molecule has 0 spiro atoms. The van der Waals surface area contributed by atoms with Crippen molar-refractivity contribution in [1.82, 2.24) is 14.8 Å². The van der Waals surface area contributed by atoms with E-state index in [0.29, 0.717) is 23.6 Å². The monoisotopic (exact) mass is 385 g/mol. The first kappa shape index (κ1) is 20.3. The number of hydrogen-bond acceptors (Lipinski definition) is 4. The smallest absolute Gasteiger partial charge is 0.251 e. The lowest BCUT2D eigenvalue weighted by molar-refractivity contribution is 0.0930. The molecule has 3 rings (SSSR count). The standard InChI is InChI=1S/C22H31N3O3/c1-24-10-8-9-20(24)21(25-11-6-4-5-7-12-25)16-23-22(26)17-13-18(27-2)15-19(14-17)28-3/h8-10,13-15,21H,4-7,11-12,16H2,1-3H3,(H,23,26). The van der Waals surface area contributed by atoms with Gasteiger partial charge in [-0.1, -0.05) is 12.8 Å². The molecule has 1 saturated heterocycles. The number of likely N-dealkylation sites (tertiary alicyclic amines) is 1. The molecule has 1 amide bonds. The Hall–Kier alpha value is -2.47. The Morgan fingerprint density at radius 2 is 1.71 bits per heavy atom. The summed E-state index contributed by atoms with van der Waals surface area (Å²) in [6.45, 7) is 2.70. The number of hydrogen-bond donors (Lipinski definition) is 1. The molecular weight excluding hydrogens is 354 g/mol. The number of ether oxygens (including phenoxy) is 2. The summed E-state index contributed by atoms with van der Waals surface area (Å²) in [6.07, 6.45) is 7.05. The Labute approximate surface area is 167 Å². The SMILES string of the molecule is COc1cc(OC)cc(C(=O)NCC(c2cccn2C)N2CCCCCC2)c1. The lowest BCUT2D eigenvalue weighted by Crippen LogP contribution is -2.39. The van der Waals surface area contributed by atoms with Gasteiger partial charge in [0.15, 0.2) is 0 Å². The predicted octanol–water partition coefficient (Wildman–Crippen LogP) is 3.39. The Kier molecular flexibility index (Phi) is 6.98. The lowest BCUT2D eigenvalue weighted by Gasteiger charge is -2.31. The van der Waals surface area contributed by atoms with E-state index < -0.39 is 0 Å². The summed E-state index contributed by atoms with van der Waals surface area (Å²) in [5.41, 5.74) is 1.77. The van der Waals surface area contributed by atoms with E-state index in [4.69, 9.17) is 9.47 Å². The maximum absolute atomic E-state index is 12.8. The maximum atomic E-state index is 12.8. The largest absolute Gasteiger partial charge is 0.497 e. The van der Waals surface area contributed by atoms with Gasteiger partial charge >= 0.3 is 0 Å². The third-order valence-electron chi connectivity index (χ3n) is 5.48. The molecule has 1 aliphatic rings. The van der Waals surface area contributed by atoms with E-state index in [2.05, 4.69) is 40.2 Å². The van der Waals surface area contributed by atoms with Crippen LogP contribution in [0.15, 0.2) is 36.5 Å². The van der Waals surface area contributed by atoms with Crippen LogP contribution in [0, 0.1) is 0 Å². The van der Waals surface area contributed by atoms with Crippen LogP contribution in [0.1, 0.15) is 47.8 Å². The van der Waals surface area contributed by atoms with Crippen LogP contribution in [0.5, 0.6) is 11.5 Å². The second-order valence-electron chi connectivity index (χ2n) is 7.32. The van der Waals surface area contributed by atoms with Gasteiger partial charge in [0.25, 0.3) is 5.91 Å². The van der Waals surface area contributed by atoms with Crippen molar-refractivity contribution in [2.75, 3.05) is 33.9 Å². The van der Waals surface area contributed by atoms with Gasteiger partial charge in [-0.3, -0.25) is 9.69 Å². The molecule has 6 nitrogen and oxygen atoms in total. The zero-order chi connectivity index (χ0) is 19.9. The van der Waals surface area contributed by atoms with E-state index >= 15 is 0 Å². The van der Waals surface area contributed by atoms with Crippen LogP contribution in [-0.2, 0) is 7.05 Å². The van der Waals surface area contributed by atoms with Crippen molar-refractivity contribution >= 4 is 5.91 Å². The van der Waals surface area contributed by atoms with E-state index in [9.17, 15) is 4.79 Å². The van der Waals surface area contributed by atoms with Crippen molar-refractivity contribution < 1.29 is 14.3 Å². The van der Waals surface area contributed by atoms with Gasteiger partial charge in [0.2, 0.25) is 0 Å². The van der Waals surface area contributed by atoms with Crippen molar-refractivity contribution in [3.05, 3.63) is 47.8 Å². The van der Waals surface area contributed by atoms with Gasteiger partial charge in [0.05, 0.1) is 20.3 Å². The van der Waals surface area contributed by atoms with Crippen LogP contribution in [0.25, 0.3) is 0 Å². The van der Waals surface area contributed by atoms with E-state index in [-0.39, 0.29) is 11.9 Å². The number of amides is 1. The molecule has 1 unspecified atom stereocenters. The van der Waals surface area contributed by atoms with Crippen LogP contribution < -0.4 is 14.8 Å². The van der Waals surface area contributed by atoms with Gasteiger partial charge in [0, 0.05) is 37.1 Å². The van der Waals surface area contributed by atoms with E-state index in [1.165, 1.54) is 31.4 Å². The third-order valence-corrected chi connectivity index (χ3v) is 5.48. The molecule has 152 valence electrons. The maximum Gasteiger partial charge on any atom is 0.251 e. The van der Waals surface area contributed by atoms with Crippen LogP contribution >= 0.6 is 0 Å². The molecule has 0 aliphatic carbocycles. The molecule has 0 bridgehead atoms. The number of benzene rings is 1. The minimum atomic E-state index is -0.119. The Morgan fingerprint density at radius 3 is 2.25 bits per heavy atom. The summed E-state index contributed by atoms with van der Waals surface area (Å²) in [5.74, 6) is 1.10. The molecular formula is C22H31N3O3. The highest BCUT2D eigenvalue weighted by Crippen LogP contribution is 2.25. The number of carbonyl (C=O) groups is 1. The molecule has 1 aliphatic heterocycles. The van der Waals surface area contributed by atoms with Gasteiger partial charge in [0.1, 0.15) is 11.5 Å². The average molecular weight is 386 g/mol. The Balaban J connectivity index is 1.76. The van der Waals surface area contributed by atoms with Gasteiger partial charge < -0.3 is 19.4 Å². The minimum absolute atomic E-state index is 0.119. The molecule has 2 aromatic rings. The van der Waals surface area contributed by atoms with E-state index in [1.807, 2.05) is 0 Å². The molecule has 28 heavy (non-hydrogen) atoms. The van der Waals surface area contributed by atoms with Crippen LogP contribution in [0.3, 0.4) is 0 Å². The number of rotatable bonds is 7. The lowest BCUT2D eigenvalue weighted by atomic mass is 10.1. The molecule has 1 aromatic carbocycles. The Bertz CT molecular complexity index is 757. The molecule has 1 fully saturated rings. The molecule has 1 aromatic heterocycles. The summed E-state index contributed by atoms with van der Waals surface area (Å²) < 4.78 is 12.7. The van der Waals surface area contributed by atoms with Crippen LogP contribution in [-0.4, -0.2) is 49.2 Å². The number of nitrogens with one attached hydrogen (secondary N) is 1. The normalized spacial score (nSPS) is 16.2. The van der Waals surface area contributed by atoms with Crippen molar-refractivity contribution in [2.45, 2.75) is 31.7 Å². The summed E-state index contributed by atoms with van der Waals surface area (Å²) in [7, 11) is 5.23. The highest BCUT2D eigenvalue weighted by atomic mass is 16.5. The average Bonchev–Trinajstić information content (AvgIpc) is 2.97. The fourth-order valence-corrected chi connectivity index (χ4v) is 3.88. The van der Waals surface area contributed by atoms with Crippen molar-refractivity contribution in [3.63, 3.8) is 0 Å². The number of carbonyl (C=O) groups excluding carboxylic acids is 1. The first-order chi connectivity index (χ1) is 13.6. The molecule has 0 saturated carbocycles. The molecule has 0 radical (unpaired) electrons. The van der Waals surface area contributed by atoms with Crippen molar-refractivity contribution in [1.29, 1.82) is 0 Å². The number of methoxy groups -OCH3 is 2. The van der Waals surface area contributed by atoms with Crippen LogP contribution in [0.2, 0.25) is 0 Å². The van der Waals surface area contributed by atoms with E-state index in [0.717, 1.165) is 13.1 Å². The molecule has 1 atom stereocenters.